The Morgan fingerprint density at radius 3 is 2.50 bits per heavy atom. The highest BCUT2D eigenvalue weighted by Crippen LogP contribution is 2.40. The molecule has 0 aliphatic heterocycles. The van der Waals surface area contributed by atoms with Crippen LogP contribution in [0.4, 0.5) is 18.9 Å². The lowest BCUT2D eigenvalue weighted by atomic mass is 10.1. The van der Waals surface area contributed by atoms with E-state index >= 15 is 0 Å². The van der Waals surface area contributed by atoms with Crippen LogP contribution in [-0.4, -0.2) is 23.7 Å². The van der Waals surface area contributed by atoms with Crippen LogP contribution < -0.4 is 10.1 Å². The minimum atomic E-state index is -4.39. The molecule has 1 fully saturated rings. The molecule has 0 radical (unpaired) electrons. The number of amides is 1. The van der Waals surface area contributed by atoms with Crippen molar-refractivity contribution in [3.8, 4) is 5.75 Å². The molecule has 1 saturated carbocycles. The SMILES string of the molecule is O=C(Nc1ccc(OCC(F)(F)F)cc1)c1cc(C2CC2)nc2ccccc12. The molecule has 1 aromatic heterocycles. The molecule has 0 saturated heterocycles. The number of ether oxygens (including phenoxy) is 1. The summed E-state index contributed by atoms with van der Waals surface area (Å²) in [5, 5.41) is 3.55. The van der Waals surface area contributed by atoms with Gasteiger partial charge in [-0.25, -0.2) is 0 Å². The molecule has 4 rings (SSSR count). The Labute approximate surface area is 159 Å². The Kier molecular flexibility index (Phi) is 4.66. The molecular weight excluding hydrogens is 369 g/mol. The smallest absolute Gasteiger partial charge is 0.422 e. The highest BCUT2D eigenvalue weighted by molar-refractivity contribution is 6.12. The number of fused-ring (bicyclic) bond motifs is 1. The second-order valence-corrected chi connectivity index (χ2v) is 6.77. The molecule has 1 amide bonds. The molecule has 0 unspecified atom stereocenters. The summed E-state index contributed by atoms with van der Waals surface area (Å²) in [5.41, 5.74) is 2.69. The maximum Gasteiger partial charge on any atom is 0.422 e. The third kappa shape index (κ3) is 4.24. The maximum atomic E-state index is 12.8. The van der Waals surface area contributed by atoms with Gasteiger partial charge < -0.3 is 10.1 Å². The molecule has 2 aromatic carbocycles. The zero-order chi connectivity index (χ0) is 19.7. The number of nitrogens with one attached hydrogen (secondary N) is 1. The lowest BCUT2D eigenvalue weighted by molar-refractivity contribution is -0.153. The first-order chi connectivity index (χ1) is 13.4. The summed E-state index contributed by atoms with van der Waals surface area (Å²) in [5.74, 6) is 0.200. The quantitative estimate of drug-likeness (QED) is 0.647. The van der Waals surface area contributed by atoms with Crippen molar-refractivity contribution >= 4 is 22.5 Å². The van der Waals surface area contributed by atoms with E-state index < -0.39 is 12.8 Å². The van der Waals surface area contributed by atoms with Crippen LogP contribution in [0, 0.1) is 0 Å². The predicted molar refractivity (Wildman–Crippen MR) is 99.7 cm³/mol. The number of para-hydroxylation sites is 1. The fraction of sp³-hybridized carbons (Fsp3) is 0.238. The van der Waals surface area contributed by atoms with Gasteiger partial charge in [-0.1, -0.05) is 18.2 Å². The molecule has 144 valence electrons. The van der Waals surface area contributed by atoms with Crippen molar-refractivity contribution in [3.05, 3.63) is 65.9 Å². The third-order valence-corrected chi connectivity index (χ3v) is 4.49. The van der Waals surface area contributed by atoms with Crippen LogP contribution in [0.3, 0.4) is 0 Å². The van der Waals surface area contributed by atoms with Crippen molar-refractivity contribution in [2.24, 2.45) is 0 Å². The molecule has 1 aliphatic carbocycles. The first kappa shape index (κ1) is 18.3. The van der Waals surface area contributed by atoms with Crippen molar-refractivity contribution in [2.45, 2.75) is 24.9 Å². The Morgan fingerprint density at radius 2 is 1.82 bits per heavy atom. The molecule has 0 bridgehead atoms. The van der Waals surface area contributed by atoms with Crippen LogP contribution in [0.15, 0.2) is 54.6 Å². The molecule has 7 heteroatoms. The molecule has 4 nitrogen and oxygen atoms in total. The van der Waals surface area contributed by atoms with Gasteiger partial charge in [-0.3, -0.25) is 9.78 Å². The topological polar surface area (TPSA) is 51.2 Å². The van der Waals surface area contributed by atoms with Crippen LogP contribution in [0.5, 0.6) is 5.75 Å². The number of nitrogens with zero attached hydrogens (tertiary/aromatic N) is 1. The van der Waals surface area contributed by atoms with E-state index in [2.05, 4.69) is 15.0 Å². The van der Waals surface area contributed by atoms with Crippen molar-refractivity contribution in [1.29, 1.82) is 0 Å². The summed E-state index contributed by atoms with van der Waals surface area (Å²) >= 11 is 0. The van der Waals surface area contributed by atoms with E-state index in [1.807, 2.05) is 30.3 Å². The van der Waals surface area contributed by atoms with E-state index in [4.69, 9.17) is 0 Å². The summed E-state index contributed by atoms with van der Waals surface area (Å²) in [7, 11) is 0. The van der Waals surface area contributed by atoms with Gasteiger partial charge >= 0.3 is 6.18 Å². The van der Waals surface area contributed by atoms with Crippen LogP contribution in [0.1, 0.15) is 34.8 Å². The van der Waals surface area contributed by atoms with Crippen molar-refractivity contribution in [3.63, 3.8) is 0 Å². The van der Waals surface area contributed by atoms with Gasteiger partial charge in [-0.2, -0.15) is 13.2 Å². The number of halogens is 3. The molecule has 28 heavy (non-hydrogen) atoms. The minimum absolute atomic E-state index is 0.0840. The number of carbonyl (C=O) groups is 1. The molecule has 1 heterocycles. The van der Waals surface area contributed by atoms with E-state index in [1.165, 1.54) is 24.3 Å². The number of pyridine rings is 1. The number of rotatable bonds is 5. The van der Waals surface area contributed by atoms with Gasteiger partial charge in [0.15, 0.2) is 6.61 Å². The summed E-state index contributed by atoms with van der Waals surface area (Å²) in [6.07, 6.45) is -2.24. The summed E-state index contributed by atoms with van der Waals surface area (Å²) in [6.45, 7) is -1.36. The lowest BCUT2D eigenvalue weighted by Gasteiger charge is -2.12. The van der Waals surface area contributed by atoms with E-state index in [1.54, 1.807) is 0 Å². The number of alkyl halides is 3. The zero-order valence-corrected chi connectivity index (χ0v) is 14.8. The van der Waals surface area contributed by atoms with Gasteiger partial charge in [-0.05, 0) is 49.2 Å². The third-order valence-electron chi connectivity index (χ3n) is 4.49. The van der Waals surface area contributed by atoms with Gasteiger partial charge in [0, 0.05) is 22.7 Å². The Morgan fingerprint density at radius 1 is 1.11 bits per heavy atom. The standard InChI is InChI=1S/C21H17F3N2O2/c22-21(23,24)12-28-15-9-7-14(8-10-15)25-20(27)17-11-19(13-5-6-13)26-18-4-2-1-3-16(17)18/h1-4,7-11,13H,5-6,12H2,(H,25,27). The summed E-state index contributed by atoms with van der Waals surface area (Å²) < 4.78 is 41.3. The van der Waals surface area contributed by atoms with Crippen molar-refractivity contribution < 1.29 is 22.7 Å². The lowest BCUT2D eigenvalue weighted by Crippen LogP contribution is -2.19. The largest absolute Gasteiger partial charge is 0.484 e. The number of carbonyl (C=O) groups excluding carboxylic acids is 1. The highest BCUT2D eigenvalue weighted by atomic mass is 19.4. The minimum Gasteiger partial charge on any atom is -0.484 e. The Balaban J connectivity index is 1.54. The van der Waals surface area contributed by atoms with Gasteiger partial charge in [0.1, 0.15) is 5.75 Å². The van der Waals surface area contributed by atoms with Crippen LogP contribution in [0.25, 0.3) is 10.9 Å². The van der Waals surface area contributed by atoms with Crippen molar-refractivity contribution in [2.75, 3.05) is 11.9 Å². The second-order valence-electron chi connectivity index (χ2n) is 6.77. The Hall–Kier alpha value is -3.09. The second kappa shape index (κ2) is 7.14. The number of hydrogen-bond donors (Lipinski definition) is 1. The first-order valence-electron chi connectivity index (χ1n) is 8.90. The summed E-state index contributed by atoms with van der Waals surface area (Å²) in [6, 6.07) is 15.1. The first-order valence-corrected chi connectivity index (χ1v) is 8.90. The normalized spacial score (nSPS) is 14.1. The van der Waals surface area contributed by atoms with Crippen molar-refractivity contribution in [1.82, 2.24) is 4.98 Å². The fourth-order valence-electron chi connectivity index (χ4n) is 2.97. The average Bonchev–Trinajstić information content (AvgIpc) is 3.51. The van der Waals surface area contributed by atoms with Gasteiger partial charge in [0.2, 0.25) is 0 Å². The molecule has 0 atom stereocenters. The number of hydrogen-bond acceptors (Lipinski definition) is 3. The molecule has 3 aromatic rings. The predicted octanol–water partition coefficient (Wildman–Crippen LogP) is 5.31. The molecule has 0 spiro atoms. The fourth-order valence-corrected chi connectivity index (χ4v) is 2.97. The zero-order valence-electron chi connectivity index (χ0n) is 14.8. The Bertz CT molecular complexity index is 1010. The highest BCUT2D eigenvalue weighted by Gasteiger charge is 2.28. The average molecular weight is 386 g/mol. The maximum absolute atomic E-state index is 12.8. The van der Waals surface area contributed by atoms with Gasteiger partial charge in [-0.15, -0.1) is 0 Å². The molecule has 1 N–H and O–H groups in total. The van der Waals surface area contributed by atoms with E-state index in [0.29, 0.717) is 17.2 Å². The van der Waals surface area contributed by atoms with Gasteiger partial charge in [0.25, 0.3) is 5.91 Å². The van der Waals surface area contributed by atoms with E-state index in [9.17, 15) is 18.0 Å². The molecule has 1 aliphatic rings. The number of benzene rings is 2. The van der Waals surface area contributed by atoms with E-state index in [-0.39, 0.29) is 11.7 Å². The number of anilines is 1. The number of aromatic nitrogens is 1. The van der Waals surface area contributed by atoms with E-state index in [0.717, 1.165) is 29.4 Å². The van der Waals surface area contributed by atoms with Gasteiger partial charge in [0.05, 0.1) is 11.1 Å². The van der Waals surface area contributed by atoms with Crippen LogP contribution in [-0.2, 0) is 0 Å². The van der Waals surface area contributed by atoms with Crippen LogP contribution >= 0.6 is 0 Å². The monoisotopic (exact) mass is 386 g/mol. The van der Waals surface area contributed by atoms with Crippen LogP contribution in [0.2, 0.25) is 0 Å². The molecular formula is C21H17F3N2O2. The summed E-state index contributed by atoms with van der Waals surface area (Å²) in [4.78, 5) is 17.5.